The molecule has 30 heavy (non-hydrogen) atoms. The first kappa shape index (κ1) is 24.9. The summed E-state index contributed by atoms with van der Waals surface area (Å²) in [5, 5.41) is 8.05. The number of thiazole rings is 1. The molecule has 5 nitrogen and oxygen atoms in total. The number of hydrogen-bond donors (Lipinski definition) is 2. The number of nitrogens with one attached hydrogen (secondary N) is 2. The van der Waals surface area contributed by atoms with Crippen LogP contribution in [0.15, 0.2) is 40.7 Å². The Kier molecular flexibility index (Phi) is 9.35. The van der Waals surface area contributed by atoms with E-state index in [-0.39, 0.29) is 29.4 Å². The number of nitrogens with zero attached hydrogens (tertiary/aromatic N) is 2. The number of rotatable bonds is 6. The average Bonchev–Trinajstić information content (AvgIpc) is 3.21. The molecule has 1 fully saturated rings. The van der Waals surface area contributed by atoms with Gasteiger partial charge in [0, 0.05) is 50.6 Å². The third kappa shape index (κ3) is 6.55. The number of benzene rings is 1. The zero-order valence-electron chi connectivity index (χ0n) is 16.7. The minimum absolute atomic E-state index is 0. The van der Waals surface area contributed by atoms with Crippen molar-refractivity contribution < 1.29 is 17.9 Å². The van der Waals surface area contributed by atoms with E-state index >= 15 is 0 Å². The van der Waals surface area contributed by atoms with Gasteiger partial charge in [-0.25, -0.2) is 4.98 Å². The number of halogens is 4. The van der Waals surface area contributed by atoms with Crippen molar-refractivity contribution in [2.45, 2.75) is 30.9 Å². The van der Waals surface area contributed by atoms with Crippen LogP contribution in [-0.4, -0.2) is 44.3 Å². The molecule has 1 aliphatic rings. The molecule has 1 saturated heterocycles. The van der Waals surface area contributed by atoms with Gasteiger partial charge in [-0.05, 0) is 18.4 Å². The molecule has 0 unspecified atom stereocenters. The monoisotopic (exact) mass is 554 g/mol. The van der Waals surface area contributed by atoms with Gasteiger partial charge in [0.2, 0.25) is 0 Å². The summed E-state index contributed by atoms with van der Waals surface area (Å²) in [5.74, 6) is 0.624. The summed E-state index contributed by atoms with van der Waals surface area (Å²) in [6.45, 7) is 2.59. The average molecular weight is 554 g/mol. The maximum absolute atomic E-state index is 12.6. The van der Waals surface area contributed by atoms with Crippen LogP contribution in [0.2, 0.25) is 0 Å². The van der Waals surface area contributed by atoms with Crippen LogP contribution in [0.4, 0.5) is 13.2 Å². The standard InChI is InChI=1S/C20H25F3N4OS.HI/c1-24-18(25-10-7-17-27-16(13-29-17)20(21,22)23)26-14-19(8-11-28-12-9-19)15-5-3-2-4-6-15;/h2-6,13H,7-12,14H2,1H3,(H2,24,25,26);1H. The fourth-order valence-electron chi connectivity index (χ4n) is 3.44. The van der Waals surface area contributed by atoms with Gasteiger partial charge in [0.05, 0.1) is 5.01 Å². The minimum atomic E-state index is -4.39. The largest absolute Gasteiger partial charge is 0.434 e. The van der Waals surface area contributed by atoms with Crippen LogP contribution in [0.1, 0.15) is 29.1 Å². The van der Waals surface area contributed by atoms with Gasteiger partial charge in [-0.3, -0.25) is 4.99 Å². The van der Waals surface area contributed by atoms with Gasteiger partial charge in [0.1, 0.15) is 0 Å². The van der Waals surface area contributed by atoms with Crippen LogP contribution in [0, 0.1) is 0 Å². The lowest BCUT2D eigenvalue weighted by Crippen LogP contribution is -2.48. The SMILES string of the molecule is CN=C(NCCc1nc(C(F)(F)F)cs1)NCC1(c2ccccc2)CCOCC1.I. The van der Waals surface area contributed by atoms with E-state index in [4.69, 9.17) is 4.74 Å². The maximum atomic E-state index is 12.6. The first-order valence-corrected chi connectivity index (χ1v) is 10.4. The molecule has 0 spiro atoms. The molecule has 2 N–H and O–H groups in total. The molecule has 0 bridgehead atoms. The quantitative estimate of drug-likeness (QED) is 0.319. The van der Waals surface area contributed by atoms with Crippen molar-refractivity contribution in [3.05, 3.63) is 52.0 Å². The van der Waals surface area contributed by atoms with E-state index in [1.165, 1.54) is 5.56 Å². The first-order valence-electron chi connectivity index (χ1n) is 9.52. The Morgan fingerprint density at radius 1 is 1.20 bits per heavy atom. The highest BCUT2D eigenvalue weighted by Crippen LogP contribution is 2.34. The van der Waals surface area contributed by atoms with E-state index < -0.39 is 11.9 Å². The molecule has 0 radical (unpaired) electrons. The van der Waals surface area contributed by atoms with Crippen molar-refractivity contribution in [1.29, 1.82) is 0 Å². The highest BCUT2D eigenvalue weighted by molar-refractivity contribution is 14.0. The van der Waals surface area contributed by atoms with E-state index in [1.807, 2.05) is 18.2 Å². The van der Waals surface area contributed by atoms with Crippen LogP contribution in [-0.2, 0) is 22.7 Å². The summed E-state index contributed by atoms with van der Waals surface area (Å²) in [6.07, 6.45) is -2.16. The van der Waals surface area contributed by atoms with E-state index in [0.29, 0.717) is 43.7 Å². The molecular weight excluding hydrogens is 528 g/mol. The van der Waals surface area contributed by atoms with Gasteiger partial charge in [0.15, 0.2) is 11.7 Å². The summed E-state index contributed by atoms with van der Waals surface area (Å²) in [5.41, 5.74) is 0.409. The molecule has 2 aromatic rings. The molecule has 1 aromatic carbocycles. The molecule has 10 heteroatoms. The highest BCUT2D eigenvalue weighted by Gasteiger charge is 2.35. The van der Waals surface area contributed by atoms with E-state index in [9.17, 15) is 13.2 Å². The second kappa shape index (κ2) is 11.3. The van der Waals surface area contributed by atoms with Crippen molar-refractivity contribution in [2.24, 2.45) is 4.99 Å². The van der Waals surface area contributed by atoms with Gasteiger partial charge < -0.3 is 15.4 Å². The minimum Gasteiger partial charge on any atom is -0.381 e. The molecule has 1 aliphatic heterocycles. The predicted octanol–water partition coefficient (Wildman–Crippen LogP) is 4.24. The fraction of sp³-hybridized carbons (Fsp3) is 0.500. The Morgan fingerprint density at radius 2 is 1.90 bits per heavy atom. The number of aliphatic imine (C=N–C) groups is 1. The second-order valence-corrected chi connectivity index (χ2v) is 7.93. The van der Waals surface area contributed by atoms with Crippen molar-refractivity contribution in [3.8, 4) is 0 Å². The summed E-state index contributed by atoms with van der Waals surface area (Å²) in [4.78, 5) is 7.89. The fourth-order valence-corrected chi connectivity index (χ4v) is 4.24. The highest BCUT2D eigenvalue weighted by atomic mass is 127. The molecule has 0 atom stereocenters. The number of alkyl halides is 3. The molecule has 0 amide bonds. The molecule has 3 rings (SSSR count). The predicted molar refractivity (Wildman–Crippen MR) is 124 cm³/mol. The van der Waals surface area contributed by atoms with Crippen LogP contribution < -0.4 is 10.6 Å². The lowest BCUT2D eigenvalue weighted by atomic mass is 9.74. The molecule has 0 aliphatic carbocycles. The lowest BCUT2D eigenvalue weighted by Gasteiger charge is -2.38. The Hall–Kier alpha value is -1.40. The van der Waals surface area contributed by atoms with Crippen molar-refractivity contribution in [3.63, 3.8) is 0 Å². The summed E-state index contributed by atoms with van der Waals surface area (Å²) in [7, 11) is 1.68. The Balaban J connectivity index is 0.00000320. The number of hydrogen-bond acceptors (Lipinski definition) is 4. The van der Waals surface area contributed by atoms with Gasteiger partial charge in [-0.2, -0.15) is 13.2 Å². The van der Waals surface area contributed by atoms with Crippen LogP contribution in [0.5, 0.6) is 0 Å². The molecule has 1 aromatic heterocycles. The Bertz CT molecular complexity index is 808. The molecular formula is C20H26F3IN4OS. The molecule has 166 valence electrons. The van der Waals surface area contributed by atoms with E-state index in [2.05, 4.69) is 32.7 Å². The number of ether oxygens (including phenoxy) is 1. The van der Waals surface area contributed by atoms with E-state index in [1.54, 1.807) is 7.05 Å². The first-order chi connectivity index (χ1) is 13.9. The van der Waals surface area contributed by atoms with E-state index in [0.717, 1.165) is 29.6 Å². The third-order valence-corrected chi connectivity index (χ3v) is 6.04. The van der Waals surface area contributed by atoms with Gasteiger partial charge in [0.25, 0.3) is 0 Å². The zero-order chi connectivity index (χ0) is 20.7. The summed E-state index contributed by atoms with van der Waals surface area (Å²) >= 11 is 1.02. The van der Waals surface area contributed by atoms with Gasteiger partial charge >= 0.3 is 6.18 Å². The zero-order valence-corrected chi connectivity index (χ0v) is 19.8. The Morgan fingerprint density at radius 3 is 2.50 bits per heavy atom. The third-order valence-electron chi connectivity index (χ3n) is 5.13. The van der Waals surface area contributed by atoms with Gasteiger partial charge in [-0.15, -0.1) is 35.3 Å². The van der Waals surface area contributed by atoms with Crippen molar-refractivity contribution in [2.75, 3.05) is 33.4 Å². The number of aromatic nitrogens is 1. The number of guanidine groups is 1. The summed E-state index contributed by atoms with van der Waals surface area (Å²) < 4.78 is 43.5. The second-order valence-electron chi connectivity index (χ2n) is 6.99. The van der Waals surface area contributed by atoms with Crippen LogP contribution in [0.3, 0.4) is 0 Å². The van der Waals surface area contributed by atoms with Crippen LogP contribution in [0.25, 0.3) is 0 Å². The lowest BCUT2D eigenvalue weighted by molar-refractivity contribution is -0.140. The smallest absolute Gasteiger partial charge is 0.381 e. The van der Waals surface area contributed by atoms with Crippen molar-refractivity contribution in [1.82, 2.24) is 15.6 Å². The molecule has 2 heterocycles. The summed E-state index contributed by atoms with van der Waals surface area (Å²) in [6, 6.07) is 10.4. The van der Waals surface area contributed by atoms with Crippen molar-refractivity contribution >= 4 is 41.3 Å². The topological polar surface area (TPSA) is 58.5 Å². The van der Waals surface area contributed by atoms with Gasteiger partial charge in [-0.1, -0.05) is 30.3 Å². The Labute approximate surface area is 195 Å². The van der Waals surface area contributed by atoms with Crippen LogP contribution >= 0.6 is 35.3 Å². The normalized spacial score (nSPS) is 16.6. The maximum Gasteiger partial charge on any atom is 0.434 e. The molecule has 0 saturated carbocycles.